The Kier molecular flexibility index (Phi) is 9.85. The van der Waals surface area contributed by atoms with Gasteiger partial charge in [-0.15, -0.1) is 13.2 Å². The second-order valence-corrected chi connectivity index (χ2v) is 9.75. The minimum atomic E-state index is -4.80. The maximum Gasteiger partial charge on any atom is 0.573 e. The topological polar surface area (TPSA) is 115 Å². The number of halogens is 3. The summed E-state index contributed by atoms with van der Waals surface area (Å²) in [5, 5.41) is 23.1. The number of ether oxygens (including phenoxy) is 1. The molecule has 4 N–H and O–H groups in total. The zero-order chi connectivity index (χ0) is 30.1. The highest BCUT2D eigenvalue weighted by Crippen LogP contribution is 2.29. The fraction of sp³-hybridized carbons (Fsp3) is 0.258. The first kappa shape index (κ1) is 30.2. The van der Waals surface area contributed by atoms with Gasteiger partial charge in [0.15, 0.2) is 5.96 Å². The smallest absolute Gasteiger partial charge is 0.481 e. The lowest BCUT2D eigenvalue weighted by Crippen LogP contribution is -2.35. The van der Waals surface area contributed by atoms with Crippen molar-refractivity contribution in [1.29, 1.82) is 5.41 Å². The molecule has 0 atom stereocenters. The number of amides is 1. The summed E-state index contributed by atoms with van der Waals surface area (Å²) in [5.41, 5.74) is 4.70. The Labute approximate surface area is 241 Å². The molecule has 42 heavy (non-hydrogen) atoms. The molecule has 4 rings (SSSR count). The highest BCUT2D eigenvalue weighted by Gasteiger charge is 2.31. The van der Waals surface area contributed by atoms with Crippen LogP contribution in [-0.4, -0.2) is 35.8 Å². The van der Waals surface area contributed by atoms with E-state index in [4.69, 9.17) is 10.5 Å². The molecular weight excluding hydrogens is 549 g/mol. The van der Waals surface area contributed by atoms with Gasteiger partial charge in [0.2, 0.25) is 0 Å². The van der Waals surface area contributed by atoms with Gasteiger partial charge in [0.1, 0.15) is 5.75 Å². The summed E-state index contributed by atoms with van der Waals surface area (Å²) in [5.74, 6) is -1.77. The van der Waals surface area contributed by atoms with Crippen molar-refractivity contribution in [2.45, 2.75) is 45.0 Å². The molecule has 0 aliphatic heterocycles. The normalized spacial score (nSPS) is 13.1. The number of guanidine groups is 1. The summed E-state index contributed by atoms with van der Waals surface area (Å²) in [6.07, 6.45) is 1.68. The Bertz CT molecular complexity index is 1420. The van der Waals surface area contributed by atoms with Crippen LogP contribution in [0.1, 0.15) is 53.6 Å². The number of carboxylic acid groups (broad SMARTS) is 1. The number of aliphatic carboxylic acids is 1. The van der Waals surface area contributed by atoms with Crippen molar-refractivity contribution in [2.24, 2.45) is 0 Å². The third kappa shape index (κ3) is 8.85. The number of carbonyl (C=O) groups is 2. The zero-order valence-corrected chi connectivity index (χ0v) is 22.7. The molecule has 1 aliphatic rings. The van der Waals surface area contributed by atoms with Gasteiger partial charge in [-0.2, -0.15) is 0 Å². The molecule has 3 aromatic rings. The van der Waals surface area contributed by atoms with Gasteiger partial charge in [0.05, 0.1) is 13.0 Å². The number of carbonyl (C=O) groups excluding carboxylic acids is 1. The molecule has 0 saturated heterocycles. The number of allylic oxidation sites excluding steroid dienone is 2. The third-order valence-corrected chi connectivity index (χ3v) is 6.64. The van der Waals surface area contributed by atoms with Crippen molar-refractivity contribution < 1.29 is 32.6 Å². The van der Waals surface area contributed by atoms with Crippen molar-refractivity contribution >= 4 is 34.8 Å². The predicted molar refractivity (Wildman–Crippen MR) is 155 cm³/mol. The molecule has 0 radical (unpaired) electrons. The van der Waals surface area contributed by atoms with Gasteiger partial charge in [-0.25, -0.2) is 0 Å². The minimum Gasteiger partial charge on any atom is -0.481 e. The maximum atomic E-state index is 12.5. The monoisotopic (exact) mass is 580 g/mol. The molecule has 0 bridgehead atoms. The third-order valence-electron chi connectivity index (χ3n) is 6.64. The number of nitrogens with one attached hydrogen (secondary N) is 3. The van der Waals surface area contributed by atoms with E-state index in [1.807, 2.05) is 24.3 Å². The van der Waals surface area contributed by atoms with Crippen molar-refractivity contribution in [3.8, 4) is 5.75 Å². The van der Waals surface area contributed by atoms with Crippen LogP contribution in [0.2, 0.25) is 0 Å². The number of benzene rings is 3. The maximum absolute atomic E-state index is 12.5. The molecule has 11 heteroatoms. The Morgan fingerprint density at radius 2 is 1.64 bits per heavy atom. The summed E-state index contributed by atoms with van der Waals surface area (Å²) in [6, 6.07) is 19.7. The second kappa shape index (κ2) is 13.7. The SMILES string of the molecule is N=C(Nc1ccc(OC(F)(F)F)cc1)N(Cc1ccc(C(=O)NCCC(=O)O)cc1)c1ccc(C2=CCCCC2)cc1. The van der Waals surface area contributed by atoms with E-state index in [2.05, 4.69) is 21.4 Å². The average Bonchev–Trinajstić information content (AvgIpc) is 2.97. The number of carboxylic acids is 1. The summed E-state index contributed by atoms with van der Waals surface area (Å²) < 4.78 is 41.5. The number of hydrogen-bond donors (Lipinski definition) is 4. The molecule has 0 saturated carbocycles. The van der Waals surface area contributed by atoms with Crippen LogP contribution >= 0.6 is 0 Å². The molecule has 3 aromatic carbocycles. The molecule has 0 aromatic heterocycles. The van der Waals surface area contributed by atoms with Crippen LogP contribution in [0.3, 0.4) is 0 Å². The summed E-state index contributed by atoms with van der Waals surface area (Å²) in [4.78, 5) is 24.7. The Morgan fingerprint density at radius 3 is 2.24 bits per heavy atom. The Balaban J connectivity index is 1.52. The van der Waals surface area contributed by atoms with Gasteiger partial charge >= 0.3 is 12.3 Å². The number of nitrogens with zero attached hydrogens (tertiary/aromatic N) is 1. The van der Waals surface area contributed by atoms with E-state index in [1.54, 1.807) is 29.2 Å². The van der Waals surface area contributed by atoms with Crippen LogP contribution in [0.25, 0.3) is 5.57 Å². The first-order valence-electron chi connectivity index (χ1n) is 13.4. The number of alkyl halides is 3. The summed E-state index contributed by atoms with van der Waals surface area (Å²) >= 11 is 0. The fourth-order valence-corrected chi connectivity index (χ4v) is 4.53. The molecule has 0 fully saturated rings. The molecule has 1 amide bonds. The fourth-order valence-electron chi connectivity index (χ4n) is 4.53. The quantitative estimate of drug-likeness (QED) is 0.155. The molecule has 0 unspecified atom stereocenters. The van der Waals surface area contributed by atoms with E-state index < -0.39 is 12.3 Å². The van der Waals surface area contributed by atoms with E-state index in [-0.39, 0.29) is 37.1 Å². The summed E-state index contributed by atoms with van der Waals surface area (Å²) in [6.45, 7) is 0.271. The van der Waals surface area contributed by atoms with Gasteiger partial charge in [0, 0.05) is 23.5 Å². The lowest BCUT2D eigenvalue weighted by Gasteiger charge is -2.27. The van der Waals surface area contributed by atoms with Gasteiger partial charge in [-0.1, -0.05) is 30.3 Å². The molecule has 0 heterocycles. The van der Waals surface area contributed by atoms with Crippen LogP contribution in [0.15, 0.2) is 78.9 Å². The van der Waals surface area contributed by atoms with Crippen molar-refractivity contribution in [1.82, 2.24) is 5.32 Å². The van der Waals surface area contributed by atoms with Crippen LogP contribution < -0.4 is 20.3 Å². The second-order valence-electron chi connectivity index (χ2n) is 9.75. The van der Waals surface area contributed by atoms with Gasteiger partial charge < -0.3 is 25.4 Å². The van der Waals surface area contributed by atoms with Gasteiger partial charge in [-0.05, 0) is 90.9 Å². The lowest BCUT2D eigenvalue weighted by molar-refractivity contribution is -0.274. The van der Waals surface area contributed by atoms with Gasteiger partial charge in [-0.3, -0.25) is 15.0 Å². The first-order valence-corrected chi connectivity index (χ1v) is 13.4. The predicted octanol–water partition coefficient (Wildman–Crippen LogP) is 6.80. The average molecular weight is 581 g/mol. The van der Waals surface area contributed by atoms with E-state index in [9.17, 15) is 22.8 Å². The van der Waals surface area contributed by atoms with E-state index in [0.29, 0.717) is 11.3 Å². The lowest BCUT2D eigenvalue weighted by atomic mass is 9.93. The van der Waals surface area contributed by atoms with E-state index in [0.717, 1.165) is 36.1 Å². The van der Waals surface area contributed by atoms with E-state index in [1.165, 1.54) is 36.3 Å². The van der Waals surface area contributed by atoms with Crippen LogP contribution in [-0.2, 0) is 11.3 Å². The number of hydrogen-bond acceptors (Lipinski definition) is 4. The highest BCUT2D eigenvalue weighted by atomic mass is 19.4. The Morgan fingerprint density at radius 1 is 0.952 bits per heavy atom. The standard InChI is InChI=1S/C31H31F3N4O4/c32-31(33,34)42-27-16-12-25(13-17-27)37-30(35)38(26-14-10-23(11-15-26)22-4-2-1-3-5-22)20-21-6-8-24(9-7-21)29(41)36-19-18-28(39)40/h4,6-17H,1-3,5,18-20H2,(H2,35,37)(H,36,41)(H,39,40). The van der Waals surface area contributed by atoms with Crippen LogP contribution in [0.4, 0.5) is 24.5 Å². The minimum absolute atomic E-state index is 0.0142. The molecule has 1 aliphatic carbocycles. The molecule has 8 nitrogen and oxygen atoms in total. The largest absolute Gasteiger partial charge is 0.573 e. The Hall–Kier alpha value is -4.80. The van der Waals surface area contributed by atoms with Crippen molar-refractivity contribution in [2.75, 3.05) is 16.8 Å². The van der Waals surface area contributed by atoms with Gasteiger partial charge in [0.25, 0.3) is 5.91 Å². The number of anilines is 2. The van der Waals surface area contributed by atoms with Crippen LogP contribution in [0, 0.1) is 5.41 Å². The number of rotatable bonds is 10. The molecule has 0 spiro atoms. The van der Waals surface area contributed by atoms with Crippen molar-refractivity contribution in [3.63, 3.8) is 0 Å². The summed E-state index contributed by atoms with van der Waals surface area (Å²) in [7, 11) is 0. The van der Waals surface area contributed by atoms with E-state index >= 15 is 0 Å². The first-order chi connectivity index (χ1) is 20.1. The van der Waals surface area contributed by atoms with Crippen molar-refractivity contribution in [3.05, 3.63) is 95.6 Å². The molecular formula is C31H31F3N4O4. The zero-order valence-electron chi connectivity index (χ0n) is 22.7. The highest BCUT2D eigenvalue weighted by molar-refractivity contribution is 6.03. The molecule has 220 valence electrons. The van der Waals surface area contributed by atoms with Crippen LogP contribution in [0.5, 0.6) is 5.75 Å².